The Morgan fingerprint density at radius 2 is 1.94 bits per heavy atom. The molecule has 2 aromatic carbocycles. The molecule has 174 valence electrons. The van der Waals surface area contributed by atoms with Crippen molar-refractivity contribution >= 4 is 17.4 Å². The minimum atomic E-state index is -0.361. The number of carbonyl (C=O) groups is 1. The number of halogens is 2. The third-order valence-corrected chi connectivity index (χ3v) is 5.88. The number of carbonyl (C=O) groups excluding carboxylic acids is 1. The van der Waals surface area contributed by atoms with Crippen molar-refractivity contribution in [2.24, 2.45) is 0 Å². The Balaban J connectivity index is 1.83. The molecular weight excluding hydrogens is 451 g/mol. The summed E-state index contributed by atoms with van der Waals surface area (Å²) in [6.07, 6.45) is 0.867. The summed E-state index contributed by atoms with van der Waals surface area (Å²) in [5.41, 5.74) is 1.59. The van der Waals surface area contributed by atoms with E-state index in [4.69, 9.17) is 20.9 Å². The molecule has 1 aliphatic heterocycles. The number of Topliss-reactive ketones (excluding diaryl/α,β-unsaturated/α-hetero) is 1. The fraction of sp³-hybridized carbons (Fsp3) is 0.333. The van der Waals surface area contributed by atoms with E-state index in [1.54, 1.807) is 12.1 Å². The average molecular weight is 475 g/mol. The summed E-state index contributed by atoms with van der Waals surface area (Å²) in [6.45, 7) is 4.84. The molecule has 0 saturated carbocycles. The number of ketones is 1. The number of nitrogens with zero attached hydrogens (tertiary/aromatic N) is 2. The minimum absolute atomic E-state index is 0.00121. The van der Waals surface area contributed by atoms with Gasteiger partial charge in [0.1, 0.15) is 17.3 Å². The molecule has 0 spiro atoms. The van der Waals surface area contributed by atoms with Crippen LogP contribution in [0.2, 0.25) is 5.02 Å². The second-order valence-electron chi connectivity index (χ2n) is 7.92. The number of phenolic OH excluding ortho intramolecular Hbond substituents is 2. The molecular formula is C24H24ClFN2O5. The zero-order chi connectivity index (χ0) is 23.5. The van der Waals surface area contributed by atoms with Gasteiger partial charge in [-0.1, -0.05) is 29.7 Å². The van der Waals surface area contributed by atoms with Crippen LogP contribution in [0.1, 0.15) is 35.8 Å². The summed E-state index contributed by atoms with van der Waals surface area (Å²) in [6, 6.07) is 6.99. The summed E-state index contributed by atoms with van der Waals surface area (Å²) in [5.74, 6) is -1.07. The fourth-order valence-electron chi connectivity index (χ4n) is 3.86. The third-order valence-electron chi connectivity index (χ3n) is 5.58. The predicted octanol–water partition coefficient (Wildman–Crippen LogP) is 5.03. The summed E-state index contributed by atoms with van der Waals surface area (Å²) in [7, 11) is 0. The molecule has 9 heteroatoms. The number of ether oxygens (including phenoxy) is 1. The minimum Gasteiger partial charge on any atom is -0.507 e. The molecule has 2 N–H and O–H groups in total. The van der Waals surface area contributed by atoms with Crippen molar-refractivity contribution in [3.63, 3.8) is 0 Å². The molecule has 1 saturated heterocycles. The number of hydrogen-bond acceptors (Lipinski definition) is 7. The number of phenols is 2. The summed E-state index contributed by atoms with van der Waals surface area (Å²) >= 11 is 6.05. The Bertz CT molecular complexity index is 1170. The van der Waals surface area contributed by atoms with Crippen LogP contribution in [0.25, 0.3) is 22.5 Å². The molecule has 7 nitrogen and oxygen atoms in total. The highest BCUT2D eigenvalue weighted by atomic mass is 35.5. The standard InChI is InChI=1S/C24H24ClFN2O5/c1-2-3-19(29)23-22(24(33-27-23)16-11-17(25)21(31)12-20(16)30)14-4-5-18(26)15(10-14)13-28-6-8-32-9-7-28/h4-5,10-12,30-31H,2-3,6-9,13H2,1H3. The molecule has 1 aliphatic rings. The van der Waals surface area contributed by atoms with E-state index in [-0.39, 0.29) is 51.6 Å². The van der Waals surface area contributed by atoms with E-state index in [1.165, 1.54) is 12.1 Å². The smallest absolute Gasteiger partial charge is 0.185 e. The maximum Gasteiger partial charge on any atom is 0.185 e. The quantitative estimate of drug-likeness (QED) is 0.464. The van der Waals surface area contributed by atoms with Crippen molar-refractivity contribution < 1.29 is 28.7 Å². The normalized spacial score (nSPS) is 14.5. The zero-order valence-corrected chi connectivity index (χ0v) is 18.9. The second-order valence-corrected chi connectivity index (χ2v) is 8.33. The van der Waals surface area contributed by atoms with Gasteiger partial charge in [-0.25, -0.2) is 4.39 Å². The third kappa shape index (κ3) is 4.88. The van der Waals surface area contributed by atoms with Crippen LogP contribution in [0.4, 0.5) is 4.39 Å². The summed E-state index contributed by atoms with van der Waals surface area (Å²) in [4.78, 5) is 14.9. The number of hydrogen-bond donors (Lipinski definition) is 2. The Morgan fingerprint density at radius 3 is 2.67 bits per heavy atom. The van der Waals surface area contributed by atoms with Crippen molar-refractivity contribution in [1.82, 2.24) is 10.1 Å². The van der Waals surface area contributed by atoms with Gasteiger partial charge in [0, 0.05) is 37.7 Å². The van der Waals surface area contributed by atoms with Gasteiger partial charge >= 0.3 is 0 Å². The van der Waals surface area contributed by atoms with Crippen molar-refractivity contribution in [3.05, 3.63) is 52.4 Å². The van der Waals surface area contributed by atoms with Gasteiger partial charge in [0.25, 0.3) is 0 Å². The summed E-state index contributed by atoms with van der Waals surface area (Å²) in [5, 5.41) is 24.2. The number of morpholine rings is 1. The van der Waals surface area contributed by atoms with E-state index >= 15 is 0 Å². The van der Waals surface area contributed by atoms with E-state index in [9.17, 15) is 19.4 Å². The van der Waals surface area contributed by atoms with Crippen LogP contribution in [0.15, 0.2) is 34.9 Å². The highest BCUT2D eigenvalue weighted by molar-refractivity contribution is 6.32. The van der Waals surface area contributed by atoms with Crippen LogP contribution in [0, 0.1) is 5.82 Å². The van der Waals surface area contributed by atoms with Crippen LogP contribution in [-0.4, -0.2) is 52.4 Å². The lowest BCUT2D eigenvalue weighted by Crippen LogP contribution is -2.35. The van der Waals surface area contributed by atoms with Gasteiger partial charge < -0.3 is 19.5 Å². The van der Waals surface area contributed by atoms with Gasteiger partial charge in [-0.15, -0.1) is 0 Å². The van der Waals surface area contributed by atoms with Crippen molar-refractivity contribution in [2.75, 3.05) is 26.3 Å². The van der Waals surface area contributed by atoms with Crippen molar-refractivity contribution in [3.8, 4) is 33.9 Å². The Kier molecular flexibility index (Phi) is 6.97. The second kappa shape index (κ2) is 9.91. The molecule has 0 atom stereocenters. The molecule has 2 heterocycles. The Morgan fingerprint density at radius 1 is 1.18 bits per heavy atom. The van der Waals surface area contributed by atoms with Gasteiger partial charge in [0.2, 0.25) is 0 Å². The lowest BCUT2D eigenvalue weighted by atomic mass is 9.95. The number of aromatic nitrogens is 1. The van der Waals surface area contributed by atoms with Gasteiger partial charge in [-0.2, -0.15) is 0 Å². The molecule has 0 unspecified atom stereocenters. The zero-order valence-electron chi connectivity index (χ0n) is 18.1. The predicted molar refractivity (Wildman–Crippen MR) is 121 cm³/mol. The lowest BCUT2D eigenvalue weighted by molar-refractivity contribution is 0.0337. The molecule has 1 aromatic heterocycles. The van der Waals surface area contributed by atoms with Gasteiger partial charge in [0.05, 0.1) is 29.4 Å². The van der Waals surface area contributed by atoms with Crippen molar-refractivity contribution in [1.29, 1.82) is 0 Å². The molecule has 33 heavy (non-hydrogen) atoms. The van der Waals surface area contributed by atoms with E-state index in [1.807, 2.05) is 6.92 Å². The molecule has 0 radical (unpaired) electrons. The molecule has 1 fully saturated rings. The highest BCUT2D eigenvalue weighted by Gasteiger charge is 2.27. The van der Waals surface area contributed by atoms with Crippen LogP contribution < -0.4 is 0 Å². The van der Waals surface area contributed by atoms with Gasteiger partial charge in [-0.05, 0) is 30.2 Å². The first-order chi connectivity index (χ1) is 15.9. The number of benzene rings is 2. The molecule has 0 bridgehead atoms. The molecule has 0 amide bonds. The monoisotopic (exact) mass is 474 g/mol. The lowest BCUT2D eigenvalue weighted by Gasteiger charge is -2.26. The fourth-order valence-corrected chi connectivity index (χ4v) is 4.03. The first-order valence-electron chi connectivity index (χ1n) is 10.7. The SMILES string of the molecule is CCCC(=O)c1noc(-c2cc(Cl)c(O)cc2O)c1-c1ccc(F)c(CN2CCOCC2)c1. The van der Waals surface area contributed by atoms with E-state index in [0.29, 0.717) is 56.0 Å². The summed E-state index contributed by atoms with van der Waals surface area (Å²) < 4.78 is 25.6. The van der Waals surface area contributed by atoms with E-state index in [0.717, 1.165) is 6.07 Å². The number of aromatic hydroxyl groups is 2. The average Bonchev–Trinajstić information content (AvgIpc) is 3.23. The van der Waals surface area contributed by atoms with Crippen LogP contribution in [-0.2, 0) is 11.3 Å². The van der Waals surface area contributed by atoms with Crippen LogP contribution >= 0.6 is 11.6 Å². The molecule has 3 aromatic rings. The van der Waals surface area contributed by atoms with Crippen LogP contribution in [0.5, 0.6) is 11.5 Å². The maximum atomic E-state index is 14.7. The number of rotatable bonds is 7. The van der Waals surface area contributed by atoms with Gasteiger partial charge in [-0.3, -0.25) is 9.69 Å². The highest BCUT2D eigenvalue weighted by Crippen LogP contribution is 2.43. The first-order valence-corrected chi connectivity index (χ1v) is 11.1. The Labute approximate surface area is 195 Å². The maximum absolute atomic E-state index is 14.7. The van der Waals surface area contributed by atoms with Gasteiger partial charge in [0.15, 0.2) is 17.2 Å². The molecule has 4 rings (SSSR count). The largest absolute Gasteiger partial charge is 0.507 e. The van der Waals surface area contributed by atoms with Crippen molar-refractivity contribution in [2.45, 2.75) is 26.3 Å². The van der Waals surface area contributed by atoms with E-state index < -0.39 is 0 Å². The van der Waals surface area contributed by atoms with E-state index in [2.05, 4.69) is 10.1 Å². The topological polar surface area (TPSA) is 96.0 Å². The Hall–Kier alpha value is -2.94. The molecule has 0 aliphatic carbocycles. The van der Waals surface area contributed by atoms with Crippen LogP contribution in [0.3, 0.4) is 0 Å². The first kappa shape index (κ1) is 23.2.